The topological polar surface area (TPSA) is 79.3 Å². The largest absolute Gasteiger partial charge is 0.477 e. The molecule has 1 fully saturated rings. The molecule has 0 unspecified atom stereocenters. The second kappa shape index (κ2) is 6.35. The third-order valence-corrected chi connectivity index (χ3v) is 4.90. The van der Waals surface area contributed by atoms with Crippen LogP contribution in [0.25, 0.3) is 0 Å². The minimum absolute atomic E-state index is 0.0296. The number of rotatable bonds is 6. The van der Waals surface area contributed by atoms with E-state index in [0.717, 1.165) is 43.4 Å². The zero-order valence-corrected chi connectivity index (χ0v) is 12.6. The number of hydrogen-bond acceptors (Lipinski definition) is 4. The summed E-state index contributed by atoms with van der Waals surface area (Å²) in [4.78, 5) is 27.8. The third kappa shape index (κ3) is 3.00. The average Bonchev–Trinajstić information content (AvgIpc) is 2.72. The van der Waals surface area contributed by atoms with E-state index < -0.39 is 5.97 Å². The van der Waals surface area contributed by atoms with Crippen LogP contribution in [0.4, 0.5) is 5.13 Å². The Morgan fingerprint density at radius 3 is 2.50 bits per heavy atom. The van der Waals surface area contributed by atoms with Crippen LogP contribution in [0.2, 0.25) is 0 Å². The van der Waals surface area contributed by atoms with Crippen molar-refractivity contribution in [3.05, 3.63) is 10.6 Å². The fourth-order valence-electron chi connectivity index (χ4n) is 2.37. The number of carbonyl (C=O) groups excluding carboxylic acids is 1. The number of nitrogens with one attached hydrogen (secondary N) is 1. The third-order valence-electron chi connectivity index (χ3n) is 3.93. The highest BCUT2D eigenvalue weighted by atomic mass is 32.1. The molecule has 5 nitrogen and oxygen atoms in total. The zero-order valence-electron chi connectivity index (χ0n) is 11.8. The minimum Gasteiger partial charge on any atom is -0.477 e. The molecule has 110 valence electrons. The van der Waals surface area contributed by atoms with Crippen LogP contribution in [0.3, 0.4) is 0 Å². The predicted molar refractivity (Wildman–Crippen MR) is 78.4 cm³/mol. The molecule has 1 aliphatic carbocycles. The summed E-state index contributed by atoms with van der Waals surface area (Å²) in [5.41, 5.74) is 0.608. The highest BCUT2D eigenvalue weighted by molar-refractivity contribution is 7.17. The molecule has 1 heterocycles. The predicted octanol–water partition coefficient (Wildman–Crippen LogP) is 3.48. The number of thiazole rings is 1. The zero-order chi connectivity index (χ0) is 14.7. The summed E-state index contributed by atoms with van der Waals surface area (Å²) in [6.45, 7) is 4.04. The van der Waals surface area contributed by atoms with E-state index >= 15 is 0 Å². The van der Waals surface area contributed by atoms with Gasteiger partial charge >= 0.3 is 5.97 Å². The van der Waals surface area contributed by atoms with Crippen molar-refractivity contribution in [1.82, 2.24) is 4.98 Å². The number of anilines is 1. The average molecular weight is 296 g/mol. The second-order valence-electron chi connectivity index (χ2n) is 5.17. The van der Waals surface area contributed by atoms with Crippen LogP contribution in [0.5, 0.6) is 0 Å². The van der Waals surface area contributed by atoms with Gasteiger partial charge in [-0.25, -0.2) is 9.78 Å². The maximum Gasteiger partial charge on any atom is 0.347 e. The number of carboxylic acid groups (broad SMARTS) is 1. The summed E-state index contributed by atoms with van der Waals surface area (Å²) in [7, 11) is 0. The molecule has 2 N–H and O–H groups in total. The number of hydrogen-bond donors (Lipinski definition) is 2. The van der Waals surface area contributed by atoms with Gasteiger partial charge in [-0.3, -0.25) is 4.79 Å². The first-order valence-electron chi connectivity index (χ1n) is 7.11. The fourth-order valence-corrected chi connectivity index (χ4v) is 3.26. The Morgan fingerprint density at radius 2 is 2.05 bits per heavy atom. The minimum atomic E-state index is -0.964. The van der Waals surface area contributed by atoms with E-state index in [1.807, 2.05) is 13.8 Å². The van der Waals surface area contributed by atoms with E-state index in [9.17, 15) is 14.7 Å². The Morgan fingerprint density at radius 1 is 1.40 bits per heavy atom. The number of carbonyl (C=O) groups is 2. The van der Waals surface area contributed by atoms with E-state index in [-0.39, 0.29) is 22.6 Å². The molecule has 1 saturated carbocycles. The molecule has 2 rings (SSSR count). The molecule has 1 amide bonds. The van der Waals surface area contributed by atoms with Gasteiger partial charge in [-0.15, -0.1) is 0 Å². The van der Waals surface area contributed by atoms with Crippen LogP contribution in [0.1, 0.15) is 67.2 Å². The molecule has 0 atom stereocenters. The van der Waals surface area contributed by atoms with Crippen molar-refractivity contribution >= 4 is 28.3 Å². The van der Waals surface area contributed by atoms with Crippen molar-refractivity contribution in [3.63, 3.8) is 0 Å². The summed E-state index contributed by atoms with van der Waals surface area (Å²) in [5.74, 6) is -0.790. The standard InChI is InChI=1S/C14H20N2O3S/c1-3-8(4-2)10-11(13(18)19)20-14(15-10)16-12(17)9-6-5-7-9/h8-9H,3-7H2,1-2H3,(H,18,19)(H,15,16,17). The van der Waals surface area contributed by atoms with Crippen molar-refractivity contribution in [3.8, 4) is 0 Å². The molecule has 20 heavy (non-hydrogen) atoms. The molecule has 1 aliphatic rings. The van der Waals surface area contributed by atoms with Gasteiger partial charge < -0.3 is 10.4 Å². The van der Waals surface area contributed by atoms with Crippen molar-refractivity contribution in [2.24, 2.45) is 5.92 Å². The quantitative estimate of drug-likeness (QED) is 0.842. The highest BCUT2D eigenvalue weighted by Crippen LogP contribution is 2.33. The van der Waals surface area contributed by atoms with Crippen LogP contribution >= 0.6 is 11.3 Å². The molecule has 0 spiro atoms. The van der Waals surface area contributed by atoms with Gasteiger partial charge in [0.25, 0.3) is 0 Å². The maximum atomic E-state index is 11.9. The normalized spacial score (nSPS) is 15.2. The Balaban J connectivity index is 2.19. The van der Waals surface area contributed by atoms with Gasteiger partial charge in [0.05, 0.1) is 5.69 Å². The number of carboxylic acids is 1. The van der Waals surface area contributed by atoms with E-state index in [1.54, 1.807) is 0 Å². The lowest BCUT2D eigenvalue weighted by Gasteiger charge is -2.23. The Hall–Kier alpha value is -1.43. The van der Waals surface area contributed by atoms with Gasteiger partial charge in [-0.05, 0) is 25.7 Å². The van der Waals surface area contributed by atoms with Gasteiger partial charge in [0, 0.05) is 11.8 Å². The monoisotopic (exact) mass is 296 g/mol. The maximum absolute atomic E-state index is 11.9. The molecule has 0 aliphatic heterocycles. The molecular weight excluding hydrogens is 276 g/mol. The summed E-state index contributed by atoms with van der Waals surface area (Å²) in [6, 6.07) is 0. The second-order valence-corrected chi connectivity index (χ2v) is 6.17. The van der Waals surface area contributed by atoms with Crippen LogP contribution in [-0.2, 0) is 4.79 Å². The lowest BCUT2D eigenvalue weighted by Crippen LogP contribution is -2.27. The highest BCUT2D eigenvalue weighted by Gasteiger charge is 2.28. The lowest BCUT2D eigenvalue weighted by atomic mass is 9.85. The van der Waals surface area contributed by atoms with Crippen molar-refractivity contribution in [2.45, 2.75) is 51.9 Å². The van der Waals surface area contributed by atoms with E-state index in [1.165, 1.54) is 0 Å². The number of aromatic nitrogens is 1. The van der Waals surface area contributed by atoms with Gasteiger partial charge in [0.15, 0.2) is 5.13 Å². The Bertz CT molecular complexity index is 505. The summed E-state index contributed by atoms with van der Waals surface area (Å²) < 4.78 is 0. The molecule has 1 aromatic heterocycles. The Labute approximate surface area is 122 Å². The SMILES string of the molecule is CCC(CC)c1nc(NC(=O)C2CCC2)sc1C(=O)O. The molecule has 0 aromatic carbocycles. The van der Waals surface area contributed by atoms with Gasteiger partial charge in [-0.2, -0.15) is 0 Å². The smallest absolute Gasteiger partial charge is 0.347 e. The van der Waals surface area contributed by atoms with Crippen LogP contribution in [-0.4, -0.2) is 22.0 Å². The van der Waals surface area contributed by atoms with Crippen molar-refractivity contribution in [2.75, 3.05) is 5.32 Å². The number of amides is 1. The number of aromatic carboxylic acids is 1. The molecule has 0 bridgehead atoms. The van der Waals surface area contributed by atoms with Gasteiger partial charge in [0.2, 0.25) is 5.91 Å². The molecule has 6 heteroatoms. The van der Waals surface area contributed by atoms with Crippen molar-refractivity contribution < 1.29 is 14.7 Å². The summed E-state index contributed by atoms with van der Waals surface area (Å²) >= 11 is 1.06. The summed E-state index contributed by atoms with van der Waals surface area (Å²) in [5, 5.41) is 12.5. The Kier molecular flexibility index (Phi) is 4.75. The van der Waals surface area contributed by atoms with Crippen LogP contribution in [0, 0.1) is 5.92 Å². The number of nitrogens with zero attached hydrogens (tertiary/aromatic N) is 1. The molecular formula is C14H20N2O3S. The first kappa shape index (κ1) is 15.0. The molecule has 0 radical (unpaired) electrons. The fraction of sp³-hybridized carbons (Fsp3) is 0.643. The van der Waals surface area contributed by atoms with Crippen molar-refractivity contribution in [1.29, 1.82) is 0 Å². The van der Waals surface area contributed by atoms with Crippen LogP contribution in [0.15, 0.2) is 0 Å². The molecule has 1 aromatic rings. The first-order valence-corrected chi connectivity index (χ1v) is 7.93. The van der Waals surface area contributed by atoms with E-state index in [4.69, 9.17) is 0 Å². The van der Waals surface area contributed by atoms with E-state index in [0.29, 0.717) is 10.8 Å². The summed E-state index contributed by atoms with van der Waals surface area (Å²) in [6.07, 6.45) is 4.62. The van der Waals surface area contributed by atoms with E-state index in [2.05, 4.69) is 10.3 Å². The van der Waals surface area contributed by atoms with Gasteiger partial charge in [-0.1, -0.05) is 31.6 Å². The lowest BCUT2D eigenvalue weighted by molar-refractivity contribution is -0.122. The van der Waals surface area contributed by atoms with Gasteiger partial charge in [0.1, 0.15) is 4.88 Å². The molecule has 0 saturated heterocycles. The first-order chi connectivity index (χ1) is 9.56. The van der Waals surface area contributed by atoms with Crippen LogP contribution < -0.4 is 5.32 Å².